The van der Waals surface area contributed by atoms with Gasteiger partial charge in [0.05, 0.1) is 0 Å². The molecule has 4 rings (SSSR count). The number of nitrogens with zero attached hydrogens (tertiary/aromatic N) is 1. The molecule has 1 amide bonds. The van der Waals surface area contributed by atoms with Crippen LogP contribution in [-0.4, -0.2) is 10.9 Å². The number of carbonyl (C=O) groups excluding carboxylic acids is 1. The van der Waals surface area contributed by atoms with Gasteiger partial charge < -0.3 is 9.73 Å². The molecule has 0 bridgehead atoms. The van der Waals surface area contributed by atoms with Gasteiger partial charge in [-0.25, -0.2) is 4.98 Å². The van der Waals surface area contributed by atoms with Crippen molar-refractivity contribution < 1.29 is 9.21 Å². The topological polar surface area (TPSA) is 55.1 Å². The van der Waals surface area contributed by atoms with E-state index in [-0.39, 0.29) is 5.91 Å². The smallest absolute Gasteiger partial charge is 0.251 e. The molecule has 0 saturated carbocycles. The number of oxazole rings is 1. The lowest BCUT2D eigenvalue weighted by Gasteiger charge is -2.05. The summed E-state index contributed by atoms with van der Waals surface area (Å²) in [7, 11) is 0. The summed E-state index contributed by atoms with van der Waals surface area (Å²) in [6.07, 6.45) is 0. The minimum Gasteiger partial charge on any atom is -0.436 e. The van der Waals surface area contributed by atoms with Gasteiger partial charge in [0.25, 0.3) is 5.91 Å². The van der Waals surface area contributed by atoms with Crippen LogP contribution in [0.5, 0.6) is 0 Å². The lowest BCUT2D eigenvalue weighted by molar-refractivity contribution is 0.0951. The average Bonchev–Trinajstić information content (AvgIpc) is 3.09. The molecular weight excluding hydrogens is 383 g/mol. The van der Waals surface area contributed by atoms with Crippen molar-refractivity contribution in [3.05, 3.63) is 87.9 Å². The molecule has 0 atom stereocenters. The van der Waals surface area contributed by atoms with Crippen LogP contribution in [0, 0.1) is 0 Å². The molecular formula is C21H14Cl2N2O2. The van der Waals surface area contributed by atoms with E-state index in [9.17, 15) is 4.79 Å². The number of hydrogen-bond donors (Lipinski definition) is 1. The Balaban J connectivity index is 1.58. The van der Waals surface area contributed by atoms with Crippen molar-refractivity contribution >= 4 is 40.2 Å². The second kappa shape index (κ2) is 7.43. The number of nitrogens with one attached hydrogen (secondary N) is 1. The highest BCUT2D eigenvalue weighted by atomic mass is 35.5. The maximum Gasteiger partial charge on any atom is 0.251 e. The van der Waals surface area contributed by atoms with Crippen LogP contribution in [-0.2, 0) is 6.54 Å². The number of rotatable bonds is 4. The highest BCUT2D eigenvalue weighted by molar-refractivity contribution is 6.35. The lowest BCUT2D eigenvalue weighted by atomic mass is 10.2. The van der Waals surface area contributed by atoms with Crippen molar-refractivity contribution in [3.63, 3.8) is 0 Å². The first-order valence-corrected chi connectivity index (χ1v) is 9.03. The first-order chi connectivity index (χ1) is 13.1. The summed E-state index contributed by atoms with van der Waals surface area (Å²) in [5.41, 5.74) is 3.39. The lowest BCUT2D eigenvalue weighted by Crippen LogP contribution is -2.22. The molecule has 0 radical (unpaired) electrons. The van der Waals surface area contributed by atoms with Gasteiger partial charge in [0.1, 0.15) is 5.52 Å². The zero-order valence-electron chi connectivity index (χ0n) is 14.1. The second-order valence-corrected chi connectivity index (χ2v) is 6.90. The standard InChI is InChI=1S/C21H14Cl2N2O2/c22-16-8-15(9-17(23)11-16)21-25-18-7-6-14(10-19(18)27-21)20(26)24-12-13-4-2-1-3-5-13/h1-11H,12H2,(H,24,26). The van der Waals surface area contributed by atoms with E-state index >= 15 is 0 Å². The van der Waals surface area contributed by atoms with Crippen molar-refractivity contribution in [1.82, 2.24) is 10.3 Å². The van der Waals surface area contributed by atoms with Crippen LogP contribution in [0.3, 0.4) is 0 Å². The third kappa shape index (κ3) is 3.97. The number of benzene rings is 3. The third-order valence-electron chi connectivity index (χ3n) is 4.06. The van der Waals surface area contributed by atoms with Crippen LogP contribution in [0.1, 0.15) is 15.9 Å². The Bertz CT molecular complexity index is 1100. The second-order valence-electron chi connectivity index (χ2n) is 6.03. The van der Waals surface area contributed by atoms with E-state index in [0.29, 0.717) is 44.7 Å². The van der Waals surface area contributed by atoms with Crippen LogP contribution in [0.2, 0.25) is 10.0 Å². The Morgan fingerprint density at radius 3 is 2.44 bits per heavy atom. The first kappa shape index (κ1) is 17.6. The summed E-state index contributed by atoms with van der Waals surface area (Å²) in [5, 5.41) is 3.90. The van der Waals surface area contributed by atoms with E-state index < -0.39 is 0 Å². The van der Waals surface area contributed by atoms with Gasteiger partial charge in [0, 0.05) is 27.7 Å². The maximum atomic E-state index is 12.4. The molecule has 0 saturated heterocycles. The molecule has 134 valence electrons. The minimum absolute atomic E-state index is 0.176. The van der Waals surface area contributed by atoms with Gasteiger partial charge in [-0.15, -0.1) is 0 Å². The summed E-state index contributed by atoms with van der Waals surface area (Å²) in [6.45, 7) is 0.459. The quantitative estimate of drug-likeness (QED) is 0.478. The highest BCUT2D eigenvalue weighted by Crippen LogP contribution is 2.29. The number of amides is 1. The number of halogens is 2. The van der Waals surface area contributed by atoms with E-state index in [1.807, 2.05) is 30.3 Å². The molecule has 0 spiro atoms. The molecule has 3 aromatic carbocycles. The number of hydrogen-bond acceptors (Lipinski definition) is 3. The van der Waals surface area contributed by atoms with E-state index in [0.717, 1.165) is 5.56 Å². The Kier molecular flexibility index (Phi) is 4.84. The predicted molar refractivity (Wildman–Crippen MR) is 107 cm³/mol. The van der Waals surface area contributed by atoms with Crippen LogP contribution >= 0.6 is 23.2 Å². The molecule has 0 unspecified atom stereocenters. The molecule has 4 aromatic rings. The molecule has 0 fully saturated rings. The van der Waals surface area contributed by atoms with Crippen molar-refractivity contribution in [1.29, 1.82) is 0 Å². The van der Waals surface area contributed by atoms with Gasteiger partial charge in [0.2, 0.25) is 5.89 Å². The fraction of sp³-hybridized carbons (Fsp3) is 0.0476. The molecule has 0 aliphatic rings. The zero-order chi connectivity index (χ0) is 18.8. The molecule has 0 aliphatic heterocycles. The molecule has 0 aliphatic carbocycles. The zero-order valence-corrected chi connectivity index (χ0v) is 15.6. The van der Waals surface area contributed by atoms with Crippen molar-refractivity contribution in [2.75, 3.05) is 0 Å². The van der Waals surface area contributed by atoms with Gasteiger partial charge >= 0.3 is 0 Å². The average molecular weight is 397 g/mol. The Morgan fingerprint density at radius 2 is 1.70 bits per heavy atom. The Morgan fingerprint density at radius 1 is 0.963 bits per heavy atom. The molecule has 4 nitrogen and oxygen atoms in total. The van der Waals surface area contributed by atoms with Gasteiger partial charge in [0.15, 0.2) is 5.58 Å². The normalized spacial score (nSPS) is 10.9. The summed E-state index contributed by atoms with van der Waals surface area (Å²) < 4.78 is 5.81. The van der Waals surface area contributed by atoms with Crippen LogP contribution in [0.25, 0.3) is 22.6 Å². The van der Waals surface area contributed by atoms with Crippen molar-refractivity contribution in [3.8, 4) is 11.5 Å². The van der Waals surface area contributed by atoms with E-state index in [1.165, 1.54) is 0 Å². The fourth-order valence-corrected chi connectivity index (χ4v) is 3.27. The highest BCUT2D eigenvalue weighted by Gasteiger charge is 2.13. The Hall–Kier alpha value is -2.82. The fourth-order valence-electron chi connectivity index (χ4n) is 2.75. The van der Waals surface area contributed by atoms with E-state index in [4.69, 9.17) is 27.6 Å². The molecule has 1 aromatic heterocycles. The maximum absolute atomic E-state index is 12.4. The van der Waals surface area contributed by atoms with Gasteiger partial charge in [-0.1, -0.05) is 53.5 Å². The van der Waals surface area contributed by atoms with Gasteiger partial charge in [-0.3, -0.25) is 4.79 Å². The largest absolute Gasteiger partial charge is 0.436 e. The molecule has 6 heteroatoms. The summed E-state index contributed by atoms with van der Waals surface area (Å²) in [4.78, 5) is 16.9. The van der Waals surface area contributed by atoms with E-state index in [1.54, 1.807) is 36.4 Å². The number of fused-ring (bicyclic) bond motifs is 1. The minimum atomic E-state index is -0.176. The van der Waals surface area contributed by atoms with Crippen molar-refractivity contribution in [2.24, 2.45) is 0 Å². The Labute approximate surface area is 165 Å². The number of aromatic nitrogens is 1. The third-order valence-corrected chi connectivity index (χ3v) is 4.49. The van der Waals surface area contributed by atoms with Crippen LogP contribution in [0.15, 0.2) is 71.1 Å². The SMILES string of the molecule is O=C(NCc1ccccc1)c1ccc2nc(-c3cc(Cl)cc(Cl)c3)oc2c1. The molecule has 27 heavy (non-hydrogen) atoms. The van der Waals surface area contributed by atoms with Gasteiger partial charge in [-0.05, 0) is 42.0 Å². The molecule has 1 N–H and O–H groups in total. The molecule has 1 heterocycles. The predicted octanol–water partition coefficient (Wildman–Crippen LogP) is 5.73. The van der Waals surface area contributed by atoms with Crippen LogP contribution < -0.4 is 5.32 Å². The van der Waals surface area contributed by atoms with Gasteiger partial charge in [-0.2, -0.15) is 0 Å². The van der Waals surface area contributed by atoms with Crippen LogP contribution in [0.4, 0.5) is 0 Å². The summed E-state index contributed by atoms with van der Waals surface area (Å²) >= 11 is 12.1. The summed E-state index contributed by atoms with van der Waals surface area (Å²) in [5.74, 6) is 0.223. The number of carbonyl (C=O) groups is 1. The monoisotopic (exact) mass is 396 g/mol. The van der Waals surface area contributed by atoms with Crippen molar-refractivity contribution in [2.45, 2.75) is 6.54 Å². The van der Waals surface area contributed by atoms with E-state index in [2.05, 4.69) is 10.3 Å². The first-order valence-electron chi connectivity index (χ1n) is 8.28. The summed E-state index contributed by atoms with van der Waals surface area (Å²) in [6, 6.07) is 20.0.